The van der Waals surface area contributed by atoms with Gasteiger partial charge in [-0.1, -0.05) is 46.3 Å². The molecule has 0 saturated carbocycles. The van der Waals surface area contributed by atoms with Crippen molar-refractivity contribution in [1.82, 2.24) is 0 Å². The average Bonchev–Trinajstić information content (AvgIpc) is 2.65. The van der Waals surface area contributed by atoms with Gasteiger partial charge < -0.3 is 5.32 Å². The molecule has 4 rings (SSSR count). The van der Waals surface area contributed by atoms with E-state index < -0.39 is 15.9 Å². The third-order valence-corrected chi connectivity index (χ3v) is 6.87. The average molecular weight is 457 g/mol. The van der Waals surface area contributed by atoms with Crippen molar-refractivity contribution in [3.05, 3.63) is 76.8 Å². The van der Waals surface area contributed by atoms with E-state index in [2.05, 4.69) is 21.2 Å². The van der Waals surface area contributed by atoms with Gasteiger partial charge in [0.15, 0.2) is 0 Å². The topological polar surface area (TPSA) is 66.5 Å². The van der Waals surface area contributed by atoms with Crippen LogP contribution in [0.3, 0.4) is 0 Å². The number of nitrogens with one attached hydrogen (secondary N) is 1. The predicted molar refractivity (Wildman–Crippen MR) is 114 cm³/mol. The Hall–Kier alpha value is -2.64. The zero-order chi connectivity index (χ0) is 19.9. The smallest absolute Gasteiger partial charge is 0.265 e. The van der Waals surface area contributed by atoms with Crippen molar-refractivity contribution in [2.75, 3.05) is 16.2 Å². The Morgan fingerprint density at radius 2 is 1.79 bits per heavy atom. The van der Waals surface area contributed by atoms with Crippen molar-refractivity contribution in [2.24, 2.45) is 0 Å². The quantitative estimate of drug-likeness (QED) is 0.627. The summed E-state index contributed by atoms with van der Waals surface area (Å²) in [4.78, 5) is 12.8. The summed E-state index contributed by atoms with van der Waals surface area (Å²) >= 11 is 3.45. The van der Waals surface area contributed by atoms with Gasteiger partial charge in [-0.15, -0.1) is 0 Å². The molecule has 0 unspecified atom stereocenters. The molecule has 0 fully saturated rings. The summed E-state index contributed by atoms with van der Waals surface area (Å²) in [7, 11) is -3.85. The first-order valence-electron chi connectivity index (χ1n) is 8.64. The van der Waals surface area contributed by atoms with E-state index in [0.717, 1.165) is 15.6 Å². The summed E-state index contributed by atoms with van der Waals surface area (Å²) in [6, 6.07) is 19.6. The van der Waals surface area contributed by atoms with Crippen LogP contribution in [0, 0.1) is 6.92 Å². The van der Waals surface area contributed by atoms with Crippen molar-refractivity contribution in [2.45, 2.75) is 11.8 Å². The van der Waals surface area contributed by atoms with E-state index in [1.807, 2.05) is 31.2 Å². The number of anilines is 2. The summed E-state index contributed by atoms with van der Waals surface area (Å²) in [5.74, 6) is -0.401. The molecule has 0 spiro atoms. The molecule has 1 aliphatic heterocycles. The van der Waals surface area contributed by atoms with Gasteiger partial charge in [0.1, 0.15) is 6.54 Å². The van der Waals surface area contributed by atoms with Crippen LogP contribution in [0.1, 0.15) is 5.56 Å². The number of benzene rings is 3. The second-order valence-corrected chi connectivity index (χ2v) is 9.33. The van der Waals surface area contributed by atoms with Gasteiger partial charge >= 0.3 is 0 Å². The molecule has 0 saturated heterocycles. The largest absolute Gasteiger partial charge is 0.325 e. The minimum absolute atomic E-state index is 0.198. The van der Waals surface area contributed by atoms with E-state index in [-0.39, 0.29) is 11.4 Å². The van der Waals surface area contributed by atoms with Gasteiger partial charge in [0, 0.05) is 21.3 Å². The molecule has 3 aromatic carbocycles. The number of rotatable bonds is 3. The summed E-state index contributed by atoms with van der Waals surface area (Å²) < 4.78 is 28.5. The van der Waals surface area contributed by atoms with Crippen molar-refractivity contribution >= 4 is 43.2 Å². The lowest BCUT2D eigenvalue weighted by molar-refractivity contribution is -0.114. The first kappa shape index (κ1) is 18.7. The summed E-state index contributed by atoms with van der Waals surface area (Å²) in [5, 5.41) is 2.78. The number of carbonyl (C=O) groups is 1. The van der Waals surface area contributed by atoms with E-state index in [9.17, 15) is 13.2 Å². The molecular formula is C21H17BrN2O3S. The fourth-order valence-electron chi connectivity index (χ4n) is 3.33. The van der Waals surface area contributed by atoms with Crippen molar-refractivity contribution in [1.29, 1.82) is 0 Å². The molecule has 0 atom stereocenters. The number of sulfonamides is 1. The SMILES string of the molecule is Cc1cccc(NC(=O)CN2c3ccc(Br)cc3-c3ccccc3S2(=O)=O)c1. The Balaban J connectivity index is 1.74. The Labute approximate surface area is 172 Å². The van der Waals surface area contributed by atoms with Crippen LogP contribution in [-0.4, -0.2) is 20.9 Å². The van der Waals surface area contributed by atoms with Crippen molar-refractivity contribution in [3.8, 4) is 11.1 Å². The highest BCUT2D eigenvalue weighted by Crippen LogP contribution is 2.43. The van der Waals surface area contributed by atoms with Crippen LogP contribution in [-0.2, 0) is 14.8 Å². The van der Waals surface area contributed by atoms with Gasteiger partial charge in [-0.3, -0.25) is 9.10 Å². The van der Waals surface area contributed by atoms with E-state index in [1.165, 1.54) is 4.31 Å². The molecule has 3 aromatic rings. The number of halogens is 1. The number of hydrogen-bond donors (Lipinski definition) is 1. The van der Waals surface area contributed by atoms with Crippen molar-refractivity contribution in [3.63, 3.8) is 0 Å². The highest BCUT2D eigenvalue weighted by molar-refractivity contribution is 9.10. The molecule has 1 N–H and O–H groups in total. The molecule has 0 aromatic heterocycles. The Kier molecular flexibility index (Phi) is 4.72. The number of fused-ring (bicyclic) bond motifs is 3. The van der Waals surface area contributed by atoms with E-state index >= 15 is 0 Å². The summed E-state index contributed by atoms with van der Waals surface area (Å²) in [6.07, 6.45) is 0. The predicted octanol–water partition coefficient (Wildman–Crippen LogP) is 4.57. The molecule has 1 aliphatic rings. The van der Waals surface area contributed by atoms with Crippen LogP contribution >= 0.6 is 15.9 Å². The molecule has 5 nitrogen and oxygen atoms in total. The third-order valence-electron chi connectivity index (χ3n) is 4.56. The van der Waals surface area contributed by atoms with Crippen LogP contribution in [0.5, 0.6) is 0 Å². The Morgan fingerprint density at radius 1 is 1.00 bits per heavy atom. The minimum Gasteiger partial charge on any atom is -0.325 e. The van der Waals surface area contributed by atoms with Crippen LogP contribution in [0.25, 0.3) is 11.1 Å². The fourth-order valence-corrected chi connectivity index (χ4v) is 5.34. The van der Waals surface area contributed by atoms with Gasteiger partial charge in [0.2, 0.25) is 5.91 Å². The van der Waals surface area contributed by atoms with Crippen LogP contribution in [0.2, 0.25) is 0 Å². The number of carbonyl (C=O) groups excluding carboxylic acids is 1. The molecule has 0 bridgehead atoms. The lowest BCUT2D eigenvalue weighted by atomic mass is 10.0. The van der Waals surface area contributed by atoms with Crippen LogP contribution in [0.15, 0.2) is 76.1 Å². The Morgan fingerprint density at radius 3 is 2.57 bits per heavy atom. The zero-order valence-electron chi connectivity index (χ0n) is 15.0. The molecular weight excluding hydrogens is 440 g/mol. The molecule has 0 radical (unpaired) electrons. The second kappa shape index (κ2) is 7.07. The zero-order valence-corrected chi connectivity index (χ0v) is 17.4. The molecule has 7 heteroatoms. The second-order valence-electron chi connectivity index (χ2n) is 6.59. The third kappa shape index (κ3) is 3.31. The first-order chi connectivity index (χ1) is 13.4. The lowest BCUT2D eigenvalue weighted by Crippen LogP contribution is -2.40. The number of amides is 1. The Bertz CT molecular complexity index is 1190. The van der Waals surface area contributed by atoms with E-state index in [4.69, 9.17) is 0 Å². The van der Waals surface area contributed by atoms with Crippen molar-refractivity contribution < 1.29 is 13.2 Å². The highest BCUT2D eigenvalue weighted by atomic mass is 79.9. The summed E-state index contributed by atoms with van der Waals surface area (Å²) in [6.45, 7) is 1.62. The maximum Gasteiger partial charge on any atom is 0.265 e. The van der Waals surface area contributed by atoms with Crippen LogP contribution in [0.4, 0.5) is 11.4 Å². The number of hydrogen-bond acceptors (Lipinski definition) is 3. The van der Waals surface area contributed by atoms with Gasteiger partial charge in [0.25, 0.3) is 10.0 Å². The molecule has 142 valence electrons. The number of aryl methyl sites for hydroxylation is 1. The van der Waals surface area contributed by atoms with Crippen LogP contribution < -0.4 is 9.62 Å². The summed E-state index contributed by atoms with van der Waals surface area (Å²) in [5.41, 5.74) is 3.53. The van der Waals surface area contributed by atoms with Gasteiger partial charge in [0.05, 0.1) is 10.6 Å². The minimum atomic E-state index is -3.85. The monoisotopic (exact) mass is 456 g/mol. The fraction of sp³-hybridized carbons (Fsp3) is 0.0952. The highest BCUT2D eigenvalue weighted by Gasteiger charge is 2.35. The lowest BCUT2D eigenvalue weighted by Gasteiger charge is -2.31. The number of nitrogens with zero attached hydrogens (tertiary/aromatic N) is 1. The van der Waals surface area contributed by atoms with Gasteiger partial charge in [-0.2, -0.15) is 0 Å². The maximum atomic E-state index is 13.2. The van der Waals surface area contributed by atoms with E-state index in [0.29, 0.717) is 16.9 Å². The van der Waals surface area contributed by atoms with Gasteiger partial charge in [-0.05, 0) is 48.9 Å². The van der Waals surface area contributed by atoms with Gasteiger partial charge in [-0.25, -0.2) is 8.42 Å². The molecule has 28 heavy (non-hydrogen) atoms. The molecule has 0 aliphatic carbocycles. The van der Waals surface area contributed by atoms with E-state index in [1.54, 1.807) is 42.5 Å². The molecule has 1 amide bonds. The first-order valence-corrected chi connectivity index (χ1v) is 10.9. The molecule has 1 heterocycles. The maximum absolute atomic E-state index is 13.2. The standard InChI is InChI=1S/C21H17BrN2O3S/c1-14-5-4-6-16(11-14)23-21(25)13-24-19-10-9-15(22)12-18(19)17-7-2-3-8-20(17)28(24,26)27/h2-12H,13H2,1H3,(H,23,25). The normalized spacial score (nSPS) is 14.1.